The highest BCUT2D eigenvalue weighted by atomic mass is 16.5. The molecule has 0 fully saturated rings. The van der Waals surface area contributed by atoms with Gasteiger partial charge in [-0.3, -0.25) is 0 Å². The average molecular weight is 483 g/mol. The van der Waals surface area contributed by atoms with E-state index in [1.807, 2.05) is 0 Å². The molecule has 0 spiro atoms. The molecular formula is C32H66O2. The minimum absolute atomic E-state index is 0.0976. The fraction of sp³-hybridized carbons (Fsp3) is 1.00. The van der Waals surface area contributed by atoms with E-state index in [4.69, 9.17) is 0 Å². The van der Waals surface area contributed by atoms with Crippen molar-refractivity contribution in [1.29, 1.82) is 0 Å². The molecule has 2 heteroatoms. The molecule has 0 aromatic rings. The standard InChI is InChI=1S/C32H66O2/c1-3-5-7-9-11-13-15-17-18-20-22-24-26-28-30-31(32(33)34)29-27-25-23-21-19-16-14-12-10-8-6-4-2/h31-34H,3-30H2,1-2H3. The van der Waals surface area contributed by atoms with Gasteiger partial charge in [-0.2, -0.15) is 0 Å². The van der Waals surface area contributed by atoms with Gasteiger partial charge in [0.1, 0.15) is 0 Å². The number of hydrogen-bond donors (Lipinski definition) is 2. The number of hydrogen-bond acceptors (Lipinski definition) is 2. The maximum absolute atomic E-state index is 9.75. The van der Waals surface area contributed by atoms with Crippen molar-refractivity contribution in [3.63, 3.8) is 0 Å². The molecule has 0 amide bonds. The molecule has 2 nitrogen and oxygen atoms in total. The topological polar surface area (TPSA) is 40.5 Å². The van der Waals surface area contributed by atoms with Gasteiger partial charge in [0.25, 0.3) is 0 Å². The van der Waals surface area contributed by atoms with Crippen LogP contribution in [0.2, 0.25) is 0 Å². The molecule has 0 aromatic heterocycles. The van der Waals surface area contributed by atoms with Crippen LogP contribution >= 0.6 is 0 Å². The van der Waals surface area contributed by atoms with Crippen molar-refractivity contribution in [2.45, 2.75) is 200 Å². The molecule has 0 aliphatic carbocycles. The van der Waals surface area contributed by atoms with Crippen LogP contribution in [-0.4, -0.2) is 16.5 Å². The van der Waals surface area contributed by atoms with Crippen LogP contribution in [0.5, 0.6) is 0 Å². The third kappa shape index (κ3) is 26.5. The fourth-order valence-corrected chi connectivity index (χ4v) is 5.29. The molecule has 0 aliphatic rings. The van der Waals surface area contributed by atoms with Gasteiger partial charge in [-0.05, 0) is 12.8 Å². The van der Waals surface area contributed by atoms with Crippen LogP contribution in [0, 0.1) is 5.92 Å². The predicted molar refractivity (Wildman–Crippen MR) is 152 cm³/mol. The van der Waals surface area contributed by atoms with Crippen molar-refractivity contribution in [2.75, 3.05) is 0 Å². The molecule has 1 atom stereocenters. The summed E-state index contributed by atoms with van der Waals surface area (Å²) in [5, 5.41) is 19.5. The summed E-state index contributed by atoms with van der Waals surface area (Å²) in [5.41, 5.74) is 0. The van der Waals surface area contributed by atoms with E-state index in [2.05, 4.69) is 13.8 Å². The van der Waals surface area contributed by atoms with E-state index in [1.54, 1.807) is 0 Å². The fourth-order valence-electron chi connectivity index (χ4n) is 5.29. The lowest BCUT2D eigenvalue weighted by Gasteiger charge is -2.18. The van der Waals surface area contributed by atoms with Crippen LogP contribution in [0.15, 0.2) is 0 Å². The van der Waals surface area contributed by atoms with Crippen LogP contribution in [0.1, 0.15) is 194 Å². The van der Waals surface area contributed by atoms with Crippen LogP contribution in [0.4, 0.5) is 0 Å². The van der Waals surface area contributed by atoms with Crippen molar-refractivity contribution in [3.8, 4) is 0 Å². The van der Waals surface area contributed by atoms with Crippen LogP contribution in [-0.2, 0) is 0 Å². The first kappa shape index (κ1) is 33.9. The number of unbranched alkanes of at least 4 members (excludes halogenated alkanes) is 24. The van der Waals surface area contributed by atoms with Crippen molar-refractivity contribution >= 4 is 0 Å². The molecule has 2 N–H and O–H groups in total. The van der Waals surface area contributed by atoms with E-state index in [0.717, 1.165) is 25.7 Å². The lowest BCUT2D eigenvalue weighted by molar-refractivity contribution is -0.0890. The Morgan fingerprint density at radius 3 is 0.735 bits per heavy atom. The quantitative estimate of drug-likeness (QED) is 0.0821. The van der Waals surface area contributed by atoms with Crippen molar-refractivity contribution < 1.29 is 10.2 Å². The van der Waals surface area contributed by atoms with E-state index in [1.165, 1.54) is 154 Å². The highest BCUT2D eigenvalue weighted by Crippen LogP contribution is 2.22. The van der Waals surface area contributed by atoms with E-state index >= 15 is 0 Å². The average Bonchev–Trinajstić information content (AvgIpc) is 2.83. The summed E-state index contributed by atoms with van der Waals surface area (Å²) in [4.78, 5) is 0. The molecule has 0 aliphatic heterocycles. The van der Waals surface area contributed by atoms with E-state index in [0.29, 0.717) is 0 Å². The first-order valence-corrected chi connectivity index (χ1v) is 16.1. The molecule has 0 aromatic carbocycles. The van der Waals surface area contributed by atoms with Gasteiger partial charge >= 0.3 is 0 Å². The summed E-state index contributed by atoms with van der Waals surface area (Å²) < 4.78 is 0. The second kappa shape index (κ2) is 29.2. The van der Waals surface area contributed by atoms with E-state index < -0.39 is 6.29 Å². The third-order valence-corrected chi connectivity index (χ3v) is 7.78. The van der Waals surface area contributed by atoms with Gasteiger partial charge in [-0.15, -0.1) is 0 Å². The van der Waals surface area contributed by atoms with E-state index in [-0.39, 0.29) is 5.92 Å². The molecule has 0 rings (SSSR count). The lowest BCUT2D eigenvalue weighted by Crippen LogP contribution is -2.19. The molecule has 206 valence electrons. The zero-order valence-electron chi connectivity index (χ0n) is 23.8. The molecule has 0 bridgehead atoms. The van der Waals surface area contributed by atoms with Gasteiger partial charge in [0.15, 0.2) is 6.29 Å². The summed E-state index contributed by atoms with van der Waals surface area (Å²) in [5.74, 6) is 0.0976. The summed E-state index contributed by atoms with van der Waals surface area (Å²) >= 11 is 0. The Morgan fingerprint density at radius 2 is 0.529 bits per heavy atom. The summed E-state index contributed by atoms with van der Waals surface area (Å²) in [6.45, 7) is 4.57. The maximum atomic E-state index is 9.75. The Kier molecular flexibility index (Phi) is 29.1. The minimum atomic E-state index is -1.12. The van der Waals surface area contributed by atoms with Crippen LogP contribution in [0.3, 0.4) is 0 Å². The van der Waals surface area contributed by atoms with Gasteiger partial charge in [-0.25, -0.2) is 0 Å². The van der Waals surface area contributed by atoms with Gasteiger partial charge in [-0.1, -0.05) is 181 Å². The largest absolute Gasteiger partial charge is 0.368 e. The lowest BCUT2D eigenvalue weighted by atomic mass is 9.93. The SMILES string of the molecule is CCCCCCCCCCCCCCCCC(CCCCCCCCCCCCCC)C(O)O. The van der Waals surface area contributed by atoms with Gasteiger partial charge in [0.05, 0.1) is 0 Å². The molecule has 0 radical (unpaired) electrons. The Balaban J connectivity index is 3.39. The molecule has 34 heavy (non-hydrogen) atoms. The Labute approximate surface area is 216 Å². The normalized spacial score (nSPS) is 12.6. The smallest absolute Gasteiger partial charge is 0.154 e. The zero-order valence-corrected chi connectivity index (χ0v) is 23.8. The zero-order chi connectivity index (χ0) is 25.0. The van der Waals surface area contributed by atoms with E-state index in [9.17, 15) is 10.2 Å². The predicted octanol–water partition coefficient (Wildman–Crippen LogP) is 10.9. The Hall–Kier alpha value is -0.0800. The molecule has 1 unspecified atom stereocenters. The minimum Gasteiger partial charge on any atom is -0.368 e. The second-order valence-electron chi connectivity index (χ2n) is 11.2. The van der Waals surface area contributed by atoms with Crippen molar-refractivity contribution in [3.05, 3.63) is 0 Å². The monoisotopic (exact) mass is 483 g/mol. The molecule has 0 heterocycles. The first-order valence-electron chi connectivity index (χ1n) is 16.1. The molecular weight excluding hydrogens is 416 g/mol. The highest BCUT2D eigenvalue weighted by Gasteiger charge is 2.15. The number of rotatable bonds is 29. The van der Waals surface area contributed by atoms with Crippen LogP contribution in [0.25, 0.3) is 0 Å². The van der Waals surface area contributed by atoms with Crippen LogP contribution < -0.4 is 0 Å². The first-order chi connectivity index (χ1) is 16.7. The number of aliphatic hydroxyl groups is 2. The van der Waals surface area contributed by atoms with Gasteiger partial charge in [0, 0.05) is 5.92 Å². The number of aliphatic hydroxyl groups excluding tert-OH is 1. The summed E-state index contributed by atoms with van der Waals surface area (Å²) in [7, 11) is 0. The highest BCUT2D eigenvalue weighted by molar-refractivity contribution is 4.62. The summed E-state index contributed by atoms with van der Waals surface area (Å²) in [6.07, 6.45) is 36.5. The van der Waals surface area contributed by atoms with Crippen molar-refractivity contribution in [2.24, 2.45) is 5.92 Å². The summed E-state index contributed by atoms with van der Waals surface area (Å²) in [6, 6.07) is 0. The van der Waals surface area contributed by atoms with Gasteiger partial charge < -0.3 is 10.2 Å². The molecule has 0 saturated carbocycles. The van der Waals surface area contributed by atoms with Crippen molar-refractivity contribution in [1.82, 2.24) is 0 Å². The van der Waals surface area contributed by atoms with Gasteiger partial charge in [0.2, 0.25) is 0 Å². The molecule has 0 saturated heterocycles. The Bertz CT molecular complexity index is 355. The Morgan fingerprint density at radius 1 is 0.324 bits per heavy atom. The second-order valence-corrected chi connectivity index (χ2v) is 11.2. The third-order valence-electron chi connectivity index (χ3n) is 7.78. The maximum Gasteiger partial charge on any atom is 0.154 e.